The van der Waals surface area contributed by atoms with Gasteiger partial charge in [-0.25, -0.2) is 19.9 Å². The summed E-state index contributed by atoms with van der Waals surface area (Å²) in [5.74, 6) is 2.50. The van der Waals surface area contributed by atoms with Crippen LogP contribution in [-0.2, 0) is 0 Å². The Morgan fingerprint density at radius 3 is 1.89 bits per heavy atom. The molecule has 0 amide bonds. The number of benzene rings is 8. The summed E-state index contributed by atoms with van der Waals surface area (Å²) in [6, 6.07) is 58.9. The second kappa shape index (κ2) is 12.3. The molecule has 0 aliphatic heterocycles. The molecule has 8 aromatic carbocycles. The van der Waals surface area contributed by atoms with Gasteiger partial charge in [-0.1, -0.05) is 121 Å². The zero-order valence-electron chi connectivity index (χ0n) is 28.8. The van der Waals surface area contributed by atoms with Crippen LogP contribution in [0.1, 0.15) is 0 Å². The van der Waals surface area contributed by atoms with E-state index in [2.05, 4.69) is 133 Å². The van der Waals surface area contributed by atoms with E-state index in [1.165, 1.54) is 10.8 Å². The van der Waals surface area contributed by atoms with E-state index >= 15 is 0 Å². The largest absolute Gasteiger partial charge is 0.436 e. The molecule has 0 N–H and O–H groups in total. The van der Waals surface area contributed by atoms with Gasteiger partial charge in [-0.3, -0.25) is 0 Å². The van der Waals surface area contributed by atoms with Crippen LogP contribution in [-0.4, -0.2) is 19.9 Å². The second-order valence-electron chi connectivity index (χ2n) is 13.5. The fourth-order valence-corrected chi connectivity index (χ4v) is 8.70. The molecule has 54 heavy (non-hydrogen) atoms. The SMILES string of the molecule is c1ccc(-c2nc3cc4sc5c(-c6nc(-c7ccc8ccccc8c7)nc(-c7cc(-c8ccccc8)c8ccccc8c7)n6)cccc5c4cc3o2)cc1. The Morgan fingerprint density at radius 2 is 1.06 bits per heavy atom. The van der Waals surface area contributed by atoms with Gasteiger partial charge in [0, 0.05) is 42.4 Å². The Balaban J connectivity index is 1.13. The lowest BCUT2D eigenvalue weighted by Gasteiger charge is -2.13. The zero-order valence-corrected chi connectivity index (χ0v) is 29.6. The molecule has 0 fully saturated rings. The maximum Gasteiger partial charge on any atom is 0.227 e. The topological polar surface area (TPSA) is 64.7 Å². The minimum Gasteiger partial charge on any atom is -0.436 e. The molecule has 0 atom stereocenters. The van der Waals surface area contributed by atoms with Gasteiger partial charge in [-0.15, -0.1) is 11.3 Å². The third kappa shape index (κ3) is 5.15. The lowest BCUT2D eigenvalue weighted by Crippen LogP contribution is -2.00. The number of fused-ring (bicyclic) bond motifs is 6. The van der Waals surface area contributed by atoms with Crippen molar-refractivity contribution in [3.63, 3.8) is 0 Å². The summed E-state index contributed by atoms with van der Waals surface area (Å²) < 4.78 is 8.52. The normalized spacial score (nSPS) is 11.7. The first kappa shape index (κ1) is 30.6. The number of thiophene rings is 1. The Bertz CT molecular complexity index is 3220. The van der Waals surface area contributed by atoms with Crippen molar-refractivity contribution in [1.29, 1.82) is 0 Å². The second-order valence-corrected chi connectivity index (χ2v) is 14.5. The number of rotatable bonds is 5. The monoisotopic (exact) mass is 708 g/mol. The summed E-state index contributed by atoms with van der Waals surface area (Å²) in [5, 5.41) is 6.86. The van der Waals surface area contributed by atoms with Gasteiger partial charge in [-0.05, 0) is 81.2 Å². The molecule has 0 saturated heterocycles. The average molecular weight is 709 g/mol. The van der Waals surface area contributed by atoms with E-state index in [0.29, 0.717) is 23.4 Å². The van der Waals surface area contributed by atoms with Gasteiger partial charge in [0.15, 0.2) is 23.1 Å². The number of aromatic nitrogens is 4. The fraction of sp³-hybridized carbons (Fsp3) is 0. The Hall–Kier alpha value is -7.02. The molecule has 0 radical (unpaired) electrons. The van der Waals surface area contributed by atoms with Crippen LogP contribution in [0.25, 0.3) is 110 Å². The molecule has 0 saturated carbocycles. The van der Waals surface area contributed by atoms with Gasteiger partial charge in [0.2, 0.25) is 5.89 Å². The Kier molecular flexibility index (Phi) is 6.97. The van der Waals surface area contributed by atoms with Crippen molar-refractivity contribution in [3.8, 4) is 56.7 Å². The summed E-state index contributed by atoms with van der Waals surface area (Å²) in [6.07, 6.45) is 0. The highest BCUT2D eigenvalue weighted by Crippen LogP contribution is 2.42. The van der Waals surface area contributed by atoms with E-state index in [9.17, 15) is 0 Å². The average Bonchev–Trinajstić information content (AvgIpc) is 3.83. The molecule has 5 nitrogen and oxygen atoms in total. The molecular weight excluding hydrogens is 681 g/mol. The number of nitrogens with zero attached hydrogens (tertiary/aromatic N) is 4. The highest BCUT2D eigenvalue weighted by atomic mass is 32.1. The van der Waals surface area contributed by atoms with Crippen LogP contribution in [0.3, 0.4) is 0 Å². The van der Waals surface area contributed by atoms with Crippen LogP contribution in [0.15, 0.2) is 174 Å². The van der Waals surface area contributed by atoms with E-state index in [4.69, 9.17) is 24.4 Å². The van der Waals surface area contributed by atoms with Gasteiger partial charge in [-0.2, -0.15) is 0 Å². The van der Waals surface area contributed by atoms with E-state index in [-0.39, 0.29) is 0 Å². The highest BCUT2D eigenvalue weighted by Gasteiger charge is 2.19. The molecule has 0 aliphatic rings. The molecule has 0 spiro atoms. The van der Waals surface area contributed by atoms with Crippen LogP contribution in [0, 0.1) is 0 Å². The first-order chi connectivity index (χ1) is 26.7. The van der Waals surface area contributed by atoms with Gasteiger partial charge < -0.3 is 4.42 Å². The van der Waals surface area contributed by atoms with Crippen LogP contribution in [0.5, 0.6) is 0 Å². The van der Waals surface area contributed by atoms with Crippen molar-refractivity contribution in [2.24, 2.45) is 0 Å². The molecule has 3 heterocycles. The van der Waals surface area contributed by atoms with Crippen LogP contribution >= 0.6 is 11.3 Å². The molecule has 0 aliphatic carbocycles. The molecule has 11 rings (SSSR count). The lowest BCUT2D eigenvalue weighted by atomic mass is 9.95. The molecule has 252 valence electrons. The summed E-state index contributed by atoms with van der Waals surface area (Å²) in [5.41, 5.74) is 7.66. The maximum atomic E-state index is 6.29. The van der Waals surface area contributed by atoms with Gasteiger partial charge in [0.25, 0.3) is 0 Å². The zero-order chi connectivity index (χ0) is 35.6. The molecule has 0 unspecified atom stereocenters. The first-order valence-electron chi connectivity index (χ1n) is 17.9. The van der Waals surface area contributed by atoms with Crippen molar-refractivity contribution in [2.45, 2.75) is 0 Å². The van der Waals surface area contributed by atoms with Crippen LogP contribution in [0.2, 0.25) is 0 Å². The quantitative estimate of drug-likeness (QED) is 0.178. The number of hydrogen-bond acceptors (Lipinski definition) is 6. The molecular formula is C48H28N4OS. The van der Waals surface area contributed by atoms with Crippen molar-refractivity contribution in [3.05, 3.63) is 170 Å². The molecule has 11 aromatic rings. The summed E-state index contributed by atoms with van der Waals surface area (Å²) in [4.78, 5) is 20.5. The van der Waals surface area contributed by atoms with E-state index in [1.807, 2.05) is 36.4 Å². The Labute approximate surface area is 313 Å². The van der Waals surface area contributed by atoms with Gasteiger partial charge in [0.1, 0.15) is 5.52 Å². The van der Waals surface area contributed by atoms with E-state index in [0.717, 1.165) is 75.4 Å². The molecule has 0 bridgehead atoms. The number of oxazole rings is 1. The maximum absolute atomic E-state index is 6.29. The standard InChI is InChI=1S/C48H28N4OS/c1-3-13-30(14-4-1)39-26-35(25-33-18-9-10-19-36(33)39)46-50-45(34-23-22-29-12-7-8-17-32(29)24-34)51-47(52-46)38-21-11-20-37-40-27-42-41(28-43(40)54-44(37)38)49-48(53-42)31-15-5-2-6-16-31/h1-28H. The predicted molar refractivity (Wildman–Crippen MR) is 222 cm³/mol. The minimum absolute atomic E-state index is 0.622. The molecule has 6 heteroatoms. The van der Waals surface area contributed by atoms with E-state index < -0.39 is 0 Å². The van der Waals surface area contributed by atoms with Gasteiger partial charge in [0.05, 0.1) is 0 Å². The van der Waals surface area contributed by atoms with Crippen LogP contribution in [0.4, 0.5) is 0 Å². The predicted octanol–water partition coefficient (Wildman–Crippen LogP) is 13.0. The summed E-state index contributed by atoms with van der Waals surface area (Å²) in [6.45, 7) is 0. The van der Waals surface area contributed by atoms with Crippen molar-refractivity contribution in [2.75, 3.05) is 0 Å². The summed E-state index contributed by atoms with van der Waals surface area (Å²) >= 11 is 1.73. The highest BCUT2D eigenvalue weighted by molar-refractivity contribution is 7.26. The van der Waals surface area contributed by atoms with Crippen molar-refractivity contribution >= 4 is 64.2 Å². The first-order valence-corrected chi connectivity index (χ1v) is 18.7. The third-order valence-corrected chi connectivity index (χ3v) is 11.3. The van der Waals surface area contributed by atoms with Crippen LogP contribution < -0.4 is 0 Å². The fourth-order valence-electron chi connectivity index (χ4n) is 7.48. The van der Waals surface area contributed by atoms with E-state index in [1.54, 1.807) is 11.3 Å². The third-order valence-electron chi connectivity index (χ3n) is 10.1. The van der Waals surface area contributed by atoms with Gasteiger partial charge >= 0.3 is 0 Å². The minimum atomic E-state index is 0.622. The lowest BCUT2D eigenvalue weighted by molar-refractivity contribution is 0.620. The van der Waals surface area contributed by atoms with Crippen molar-refractivity contribution < 1.29 is 4.42 Å². The number of hydrogen-bond donors (Lipinski definition) is 0. The molecule has 3 aromatic heterocycles. The summed E-state index contributed by atoms with van der Waals surface area (Å²) in [7, 11) is 0. The smallest absolute Gasteiger partial charge is 0.227 e. The Morgan fingerprint density at radius 1 is 0.389 bits per heavy atom. The van der Waals surface area contributed by atoms with Crippen molar-refractivity contribution in [1.82, 2.24) is 19.9 Å².